The number of benzene rings is 3. The van der Waals surface area contributed by atoms with E-state index in [2.05, 4.69) is 5.32 Å². The van der Waals surface area contributed by atoms with Crippen LogP contribution in [0.1, 0.15) is 43.7 Å². The average Bonchev–Trinajstić information content (AvgIpc) is 3.47. The van der Waals surface area contributed by atoms with Crippen molar-refractivity contribution < 1.29 is 18.0 Å². The topological polar surface area (TPSA) is 86.8 Å². The maximum Gasteiger partial charge on any atom is 0.264 e. The van der Waals surface area contributed by atoms with Gasteiger partial charge in [-0.3, -0.25) is 13.9 Å². The second kappa shape index (κ2) is 13.7. The molecule has 1 N–H and O–H groups in total. The lowest BCUT2D eigenvalue weighted by molar-refractivity contribution is -0.139. The molecule has 7 nitrogen and oxygen atoms in total. The smallest absolute Gasteiger partial charge is 0.264 e. The number of amides is 2. The van der Waals surface area contributed by atoms with Gasteiger partial charge in [-0.25, -0.2) is 8.42 Å². The molecule has 10 heteroatoms. The summed E-state index contributed by atoms with van der Waals surface area (Å²) < 4.78 is 28.9. The third-order valence-electron chi connectivity index (χ3n) is 7.44. The van der Waals surface area contributed by atoms with Crippen LogP contribution < -0.4 is 9.62 Å². The number of aryl methyl sites for hydroxylation is 1. The Labute approximate surface area is 252 Å². The molecule has 0 aliphatic heterocycles. The molecule has 0 spiro atoms. The van der Waals surface area contributed by atoms with E-state index in [0.29, 0.717) is 6.42 Å². The zero-order chi connectivity index (χ0) is 29.6. The Balaban J connectivity index is 1.67. The zero-order valence-corrected chi connectivity index (χ0v) is 25.6. The summed E-state index contributed by atoms with van der Waals surface area (Å²) in [6.45, 7) is 3.20. The molecule has 0 aromatic heterocycles. The standard InChI is InChI=1S/C31H35Cl2N3O4S/c1-22-15-17-26(18-16-22)41(39,40)36(28-14-8-13-27(32)30(28)33)21-29(37)35(20-19-24-9-4-3-5-10-24)23(2)31(38)34-25-11-6-7-12-25/h3-5,8-10,13-18,23,25H,6-7,11-12,19-21H2,1-2H3,(H,34,38)/t23-/m1/s1. The predicted molar refractivity (Wildman–Crippen MR) is 164 cm³/mol. The third-order valence-corrected chi connectivity index (χ3v) is 10.0. The maximum atomic E-state index is 14.0. The van der Waals surface area contributed by atoms with E-state index in [1.807, 2.05) is 37.3 Å². The van der Waals surface area contributed by atoms with Gasteiger partial charge >= 0.3 is 0 Å². The predicted octanol–water partition coefficient (Wildman–Crippen LogP) is 6.02. The first-order valence-corrected chi connectivity index (χ1v) is 15.9. The molecule has 1 atom stereocenters. The quantitative estimate of drug-likeness (QED) is 0.286. The van der Waals surface area contributed by atoms with E-state index in [1.54, 1.807) is 31.2 Å². The van der Waals surface area contributed by atoms with Gasteiger partial charge in [-0.15, -0.1) is 0 Å². The number of sulfonamides is 1. The molecular formula is C31H35Cl2N3O4S. The van der Waals surface area contributed by atoms with Crippen molar-refractivity contribution in [3.05, 3.63) is 94.0 Å². The first kappa shape index (κ1) is 30.9. The van der Waals surface area contributed by atoms with Crippen LogP contribution in [0.5, 0.6) is 0 Å². The van der Waals surface area contributed by atoms with Gasteiger partial charge in [0.1, 0.15) is 12.6 Å². The Morgan fingerprint density at radius 3 is 2.27 bits per heavy atom. The molecule has 1 fully saturated rings. The van der Waals surface area contributed by atoms with E-state index in [4.69, 9.17) is 23.2 Å². The molecule has 1 aliphatic carbocycles. The van der Waals surface area contributed by atoms with Crippen LogP contribution in [-0.2, 0) is 26.0 Å². The molecule has 41 heavy (non-hydrogen) atoms. The van der Waals surface area contributed by atoms with E-state index >= 15 is 0 Å². The third kappa shape index (κ3) is 7.61. The van der Waals surface area contributed by atoms with Crippen LogP contribution in [-0.4, -0.2) is 50.3 Å². The van der Waals surface area contributed by atoms with Crippen molar-refractivity contribution >= 4 is 50.7 Å². The normalized spacial score (nSPS) is 14.4. The number of rotatable bonds is 11. The minimum atomic E-state index is -4.23. The summed E-state index contributed by atoms with van der Waals surface area (Å²) in [5.41, 5.74) is 1.97. The van der Waals surface area contributed by atoms with E-state index < -0.39 is 28.5 Å². The molecule has 1 aliphatic rings. The highest BCUT2D eigenvalue weighted by atomic mass is 35.5. The highest BCUT2D eigenvalue weighted by Crippen LogP contribution is 2.35. The minimum Gasteiger partial charge on any atom is -0.352 e. The van der Waals surface area contributed by atoms with Crippen LogP contribution in [0.25, 0.3) is 0 Å². The van der Waals surface area contributed by atoms with Gasteiger partial charge in [0.2, 0.25) is 11.8 Å². The fourth-order valence-electron chi connectivity index (χ4n) is 5.00. The van der Waals surface area contributed by atoms with E-state index in [9.17, 15) is 18.0 Å². The van der Waals surface area contributed by atoms with Crippen LogP contribution in [0, 0.1) is 6.92 Å². The summed E-state index contributed by atoms with van der Waals surface area (Å²) >= 11 is 12.8. The molecule has 0 heterocycles. The molecule has 0 saturated heterocycles. The number of nitrogens with zero attached hydrogens (tertiary/aromatic N) is 2. The minimum absolute atomic E-state index is 0.00908. The summed E-state index contributed by atoms with van der Waals surface area (Å²) in [6, 6.07) is 19.9. The summed E-state index contributed by atoms with van der Waals surface area (Å²) in [5, 5.41) is 3.24. The second-order valence-electron chi connectivity index (χ2n) is 10.4. The Kier molecular flexibility index (Phi) is 10.3. The lowest BCUT2D eigenvalue weighted by Gasteiger charge is -2.32. The van der Waals surface area contributed by atoms with Crippen LogP contribution in [0.3, 0.4) is 0 Å². The number of hydrogen-bond donors (Lipinski definition) is 1. The van der Waals surface area contributed by atoms with Gasteiger partial charge in [0.15, 0.2) is 0 Å². The second-order valence-corrected chi connectivity index (χ2v) is 13.0. The van der Waals surface area contributed by atoms with Crippen molar-refractivity contribution in [3.8, 4) is 0 Å². The van der Waals surface area contributed by atoms with Gasteiger partial charge in [-0.2, -0.15) is 0 Å². The highest BCUT2D eigenvalue weighted by molar-refractivity contribution is 7.92. The van der Waals surface area contributed by atoms with Crippen molar-refractivity contribution in [2.24, 2.45) is 0 Å². The summed E-state index contributed by atoms with van der Waals surface area (Å²) in [4.78, 5) is 28.8. The molecule has 0 radical (unpaired) electrons. The van der Waals surface area contributed by atoms with Gasteiger partial charge in [0.05, 0.1) is 20.6 Å². The number of anilines is 1. The van der Waals surface area contributed by atoms with E-state index in [0.717, 1.165) is 41.1 Å². The highest BCUT2D eigenvalue weighted by Gasteiger charge is 2.34. The number of carbonyl (C=O) groups excluding carboxylic acids is 2. The Morgan fingerprint density at radius 1 is 0.951 bits per heavy atom. The molecule has 218 valence electrons. The molecular weight excluding hydrogens is 581 g/mol. The number of carbonyl (C=O) groups is 2. The van der Waals surface area contributed by atoms with Gasteiger partial charge in [0, 0.05) is 12.6 Å². The van der Waals surface area contributed by atoms with Crippen LogP contribution in [0.15, 0.2) is 77.7 Å². The number of hydrogen-bond acceptors (Lipinski definition) is 4. The molecule has 4 rings (SSSR count). The van der Waals surface area contributed by atoms with Crippen LogP contribution in [0.4, 0.5) is 5.69 Å². The largest absolute Gasteiger partial charge is 0.352 e. The summed E-state index contributed by atoms with van der Waals surface area (Å²) in [7, 11) is -4.23. The lowest BCUT2D eigenvalue weighted by atomic mass is 10.1. The Hall–Kier alpha value is -3.07. The maximum absolute atomic E-state index is 14.0. The molecule has 2 amide bonds. The van der Waals surface area contributed by atoms with E-state index in [-0.39, 0.29) is 39.1 Å². The van der Waals surface area contributed by atoms with Gasteiger partial charge < -0.3 is 10.2 Å². The van der Waals surface area contributed by atoms with Gasteiger partial charge in [0.25, 0.3) is 10.0 Å². The molecule has 3 aromatic carbocycles. The summed E-state index contributed by atoms with van der Waals surface area (Å²) in [6.07, 6.45) is 4.43. The van der Waals surface area contributed by atoms with Crippen molar-refractivity contribution in [1.82, 2.24) is 10.2 Å². The van der Waals surface area contributed by atoms with Crippen molar-refractivity contribution in [1.29, 1.82) is 0 Å². The van der Waals surface area contributed by atoms with Crippen LogP contribution >= 0.6 is 23.2 Å². The van der Waals surface area contributed by atoms with Gasteiger partial charge in [-0.1, -0.05) is 90.1 Å². The van der Waals surface area contributed by atoms with Crippen LogP contribution in [0.2, 0.25) is 10.0 Å². The van der Waals surface area contributed by atoms with E-state index in [1.165, 1.54) is 23.1 Å². The fraction of sp³-hybridized carbons (Fsp3) is 0.355. The number of halogens is 2. The SMILES string of the molecule is Cc1ccc(S(=O)(=O)N(CC(=O)N(CCc2ccccc2)[C@H](C)C(=O)NC2CCCC2)c2cccc(Cl)c2Cl)cc1. The molecule has 1 saturated carbocycles. The molecule has 0 unspecified atom stereocenters. The first-order chi connectivity index (χ1) is 19.6. The van der Waals surface area contributed by atoms with Crippen molar-refractivity contribution in [2.75, 3.05) is 17.4 Å². The van der Waals surface area contributed by atoms with Crippen molar-refractivity contribution in [2.45, 2.75) is 62.9 Å². The monoisotopic (exact) mass is 615 g/mol. The Morgan fingerprint density at radius 2 is 1.61 bits per heavy atom. The molecule has 0 bridgehead atoms. The van der Waals surface area contributed by atoms with Crippen molar-refractivity contribution in [3.63, 3.8) is 0 Å². The Bertz CT molecular complexity index is 1460. The fourth-order valence-corrected chi connectivity index (χ4v) is 6.87. The lowest BCUT2D eigenvalue weighted by Crippen LogP contribution is -2.53. The molecule has 3 aromatic rings. The average molecular weight is 617 g/mol. The first-order valence-electron chi connectivity index (χ1n) is 13.7. The zero-order valence-electron chi connectivity index (χ0n) is 23.2. The summed E-state index contributed by atoms with van der Waals surface area (Å²) in [5.74, 6) is -0.784. The number of nitrogens with one attached hydrogen (secondary N) is 1. The van der Waals surface area contributed by atoms with Gasteiger partial charge in [-0.05, 0) is 62.9 Å².